The van der Waals surface area contributed by atoms with Gasteiger partial charge in [-0.2, -0.15) is 0 Å². The first kappa shape index (κ1) is 18.7. The normalized spacial score (nSPS) is 22.7. The van der Waals surface area contributed by atoms with Crippen LogP contribution in [-0.4, -0.2) is 73.2 Å². The van der Waals surface area contributed by atoms with Gasteiger partial charge in [0.05, 0.1) is 6.61 Å². The molecule has 0 radical (unpaired) electrons. The molecule has 2 rings (SSSR count). The second kappa shape index (κ2) is 9.62. The van der Waals surface area contributed by atoms with Gasteiger partial charge in [0.2, 0.25) is 5.91 Å². The zero-order chi connectivity index (χ0) is 14.4. The topological polar surface area (TPSA) is 55.8 Å². The minimum atomic E-state index is 0. The van der Waals surface area contributed by atoms with Crippen molar-refractivity contribution in [2.45, 2.75) is 26.2 Å². The number of aliphatic hydroxyl groups excluding tert-OH is 1. The number of amides is 1. The van der Waals surface area contributed by atoms with Crippen LogP contribution >= 0.6 is 12.4 Å². The lowest BCUT2D eigenvalue weighted by atomic mass is 9.84. The van der Waals surface area contributed by atoms with Gasteiger partial charge in [0, 0.05) is 39.1 Å². The van der Waals surface area contributed by atoms with E-state index in [2.05, 4.69) is 17.1 Å². The van der Waals surface area contributed by atoms with Crippen molar-refractivity contribution in [2.75, 3.05) is 52.4 Å². The number of nitrogens with zero attached hydrogens (tertiary/aromatic N) is 2. The predicted octanol–water partition coefficient (Wildman–Crippen LogP) is 0.571. The molecular formula is C15H30ClN3O2. The van der Waals surface area contributed by atoms with Gasteiger partial charge in [-0.3, -0.25) is 9.69 Å². The number of aliphatic hydroxyl groups is 1. The molecule has 0 aromatic carbocycles. The second-order valence-electron chi connectivity index (χ2n) is 6.21. The Morgan fingerprint density at radius 2 is 1.86 bits per heavy atom. The van der Waals surface area contributed by atoms with E-state index in [1.54, 1.807) is 0 Å². The summed E-state index contributed by atoms with van der Waals surface area (Å²) in [5.41, 5.74) is 0. The van der Waals surface area contributed by atoms with E-state index < -0.39 is 0 Å². The predicted molar refractivity (Wildman–Crippen MR) is 86.7 cm³/mol. The molecule has 5 nitrogen and oxygen atoms in total. The number of β-amino-alcohol motifs (C(OH)–C–C–N with tert-alkyl or cyclic N) is 1. The van der Waals surface area contributed by atoms with Gasteiger partial charge < -0.3 is 15.3 Å². The highest BCUT2D eigenvalue weighted by Gasteiger charge is 2.26. The summed E-state index contributed by atoms with van der Waals surface area (Å²) in [6.45, 7) is 8.80. The zero-order valence-electron chi connectivity index (χ0n) is 13.1. The van der Waals surface area contributed by atoms with Crippen molar-refractivity contribution in [1.82, 2.24) is 15.1 Å². The third-order valence-corrected chi connectivity index (χ3v) is 4.83. The Hall–Kier alpha value is -0.360. The molecule has 0 spiro atoms. The van der Waals surface area contributed by atoms with Crippen molar-refractivity contribution in [3.05, 3.63) is 0 Å². The van der Waals surface area contributed by atoms with Gasteiger partial charge in [-0.15, -0.1) is 12.4 Å². The van der Waals surface area contributed by atoms with E-state index in [-0.39, 0.29) is 19.0 Å². The van der Waals surface area contributed by atoms with E-state index in [1.165, 1.54) is 12.8 Å². The molecule has 2 N–H and O–H groups in total. The highest BCUT2D eigenvalue weighted by Crippen LogP contribution is 2.25. The summed E-state index contributed by atoms with van der Waals surface area (Å²) in [4.78, 5) is 16.6. The van der Waals surface area contributed by atoms with Gasteiger partial charge in [0.15, 0.2) is 0 Å². The summed E-state index contributed by atoms with van der Waals surface area (Å²) in [5.74, 6) is 1.52. The zero-order valence-corrected chi connectivity index (χ0v) is 13.9. The standard InChI is InChI=1S/C15H29N3O2.ClH/c1-13(14-2-4-16-5-3-14)12-15(20)18-8-6-17(7-9-18)10-11-19;/h13-14,16,19H,2-12H2,1H3;1H. The van der Waals surface area contributed by atoms with Crippen molar-refractivity contribution in [3.63, 3.8) is 0 Å². The lowest BCUT2D eigenvalue weighted by Gasteiger charge is -2.36. The molecule has 2 fully saturated rings. The number of nitrogens with one attached hydrogen (secondary N) is 1. The molecule has 2 aliphatic heterocycles. The Bertz CT molecular complexity index is 303. The smallest absolute Gasteiger partial charge is 0.222 e. The number of piperidine rings is 1. The fourth-order valence-corrected chi connectivity index (χ4v) is 3.35. The molecule has 0 bridgehead atoms. The lowest BCUT2D eigenvalue weighted by molar-refractivity contribution is -0.134. The highest BCUT2D eigenvalue weighted by atomic mass is 35.5. The van der Waals surface area contributed by atoms with Crippen molar-refractivity contribution < 1.29 is 9.90 Å². The van der Waals surface area contributed by atoms with E-state index in [4.69, 9.17) is 5.11 Å². The first-order valence-electron chi connectivity index (χ1n) is 8.02. The van der Waals surface area contributed by atoms with E-state index >= 15 is 0 Å². The molecule has 1 unspecified atom stereocenters. The highest BCUT2D eigenvalue weighted by molar-refractivity contribution is 5.85. The number of carbonyl (C=O) groups is 1. The van der Waals surface area contributed by atoms with Gasteiger partial charge in [-0.05, 0) is 37.8 Å². The minimum Gasteiger partial charge on any atom is -0.395 e. The van der Waals surface area contributed by atoms with Crippen molar-refractivity contribution >= 4 is 18.3 Å². The van der Waals surface area contributed by atoms with Crippen molar-refractivity contribution in [3.8, 4) is 0 Å². The average molecular weight is 320 g/mol. The third-order valence-electron chi connectivity index (χ3n) is 4.83. The number of piperazine rings is 1. The fourth-order valence-electron chi connectivity index (χ4n) is 3.35. The van der Waals surface area contributed by atoms with Crippen molar-refractivity contribution in [2.24, 2.45) is 11.8 Å². The van der Waals surface area contributed by atoms with Gasteiger partial charge in [0.25, 0.3) is 0 Å². The average Bonchev–Trinajstić information content (AvgIpc) is 2.49. The summed E-state index contributed by atoms with van der Waals surface area (Å²) in [6.07, 6.45) is 3.11. The van der Waals surface area contributed by atoms with E-state index in [9.17, 15) is 4.79 Å². The molecule has 6 heteroatoms. The first-order chi connectivity index (χ1) is 9.70. The number of halogens is 1. The Balaban J connectivity index is 0.00000220. The minimum absolute atomic E-state index is 0. The van der Waals surface area contributed by atoms with Gasteiger partial charge in [0.1, 0.15) is 0 Å². The molecule has 21 heavy (non-hydrogen) atoms. The van der Waals surface area contributed by atoms with Crippen LogP contribution in [0.2, 0.25) is 0 Å². The largest absolute Gasteiger partial charge is 0.395 e. The fraction of sp³-hybridized carbons (Fsp3) is 0.933. The van der Waals surface area contributed by atoms with E-state index in [1.807, 2.05) is 4.90 Å². The summed E-state index contributed by atoms with van der Waals surface area (Å²) < 4.78 is 0. The van der Waals surface area contributed by atoms with Crippen LogP contribution in [0.25, 0.3) is 0 Å². The van der Waals surface area contributed by atoms with Crippen molar-refractivity contribution in [1.29, 1.82) is 0 Å². The molecule has 1 amide bonds. The maximum absolute atomic E-state index is 12.4. The SMILES string of the molecule is CC(CC(=O)N1CCN(CCO)CC1)C1CCNCC1.Cl. The number of rotatable bonds is 5. The van der Waals surface area contributed by atoms with Crippen LogP contribution in [0.15, 0.2) is 0 Å². The lowest BCUT2D eigenvalue weighted by Crippen LogP contribution is -2.49. The van der Waals surface area contributed by atoms with E-state index in [0.29, 0.717) is 24.2 Å². The van der Waals surface area contributed by atoms with Crippen LogP contribution < -0.4 is 5.32 Å². The Morgan fingerprint density at radius 1 is 1.24 bits per heavy atom. The third kappa shape index (κ3) is 5.74. The van der Waals surface area contributed by atoms with Crippen LogP contribution in [-0.2, 0) is 4.79 Å². The van der Waals surface area contributed by atoms with Crippen LogP contribution in [0.3, 0.4) is 0 Å². The molecular weight excluding hydrogens is 290 g/mol. The Kier molecular flexibility index (Phi) is 8.56. The Morgan fingerprint density at radius 3 is 2.43 bits per heavy atom. The summed E-state index contributed by atoms with van der Waals surface area (Å²) >= 11 is 0. The maximum Gasteiger partial charge on any atom is 0.222 e. The second-order valence-corrected chi connectivity index (χ2v) is 6.21. The number of carbonyl (C=O) groups excluding carboxylic acids is 1. The van der Waals surface area contributed by atoms with Crippen LogP contribution in [0.5, 0.6) is 0 Å². The molecule has 124 valence electrons. The van der Waals surface area contributed by atoms with Crippen LogP contribution in [0.1, 0.15) is 26.2 Å². The molecule has 2 saturated heterocycles. The monoisotopic (exact) mass is 319 g/mol. The number of hydrogen-bond acceptors (Lipinski definition) is 4. The molecule has 2 aliphatic rings. The van der Waals surface area contributed by atoms with Gasteiger partial charge in [-0.1, -0.05) is 6.92 Å². The molecule has 0 aromatic heterocycles. The van der Waals surface area contributed by atoms with Crippen LogP contribution in [0.4, 0.5) is 0 Å². The van der Waals surface area contributed by atoms with Crippen LogP contribution in [0, 0.1) is 11.8 Å². The Labute approximate surface area is 134 Å². The van der Waals surface area contributed by atoms with Gasteiger partial charge in [-0.25, -0.2) is 0 Å². The maximum atomic E-state index is 12.4. The number of hydrogen-bond donors (Lipinski definition) is 2. The summed E-state index contributed by atoms with van der Waals surface area (Å²) in [7, 11) is 0. The summed E-state index contributed by atoms with van der Waals surface area (Å²) in [5, 5.41) is 12.3. The quantitative estimate of drug-likeness (QED) is 0.778. The molecule has 0 saturated carbocycles. The molecule has 1 atom stereocenters. The summed E-state index contributed by atoms with van der Waals surface area (Å²) in [6, 6.07) is 0. The molecule has 2 heterocycles. The molecule has 0 aromatic rings. The van der Waals surface area contributed by atoms with E-state index in [0.717, 1.165) is 45.8 Å². The van der Waals surface area contributed by atoms with Gasteiger partial charge >= 0.3 is 0 Å². The molecule has 0 aliphatic carbocycles. The first-order valence-corrected chi connectivity index (χ1v) is 8.02.